The van der Waals surface area contributed by atoms with Crippen LogP contribution in [0, 0.1) is 5.92 Å². The molecule has 1 aromatic rings. The third kappa shape index (κ3) is 1.91. The zero-order valence-corrected chi connectivity index (χ0v) is 9.88. The molecule has 0 aliphatic carbocycles. The second kappa shape index (κ2) is 4.27. The fourth-order valence-electron chi connectivity index (χ4n) is 3.32. The monoisotopic (exact) mass is 234 g/mol. The minimum Gasteiger partial charge on any atom is -0.395 e. The molecule has 4 heteroatoms. The van der Waals surface area contributed by atoms with Crippen LogP contribution in [0.15, 0.2) is 23.0 Å². The number of aliphatic hydroxyl groups is 1. The van der Waals surface area contributed by atoms with Crippen molar-refractivity contribution in [3.63, 3.8) is 0 Å². The highest BCUT2D eigenvalue weighted by Crippen LogP contribution is 2.34. The highest BCUT2D eigenvalue weighted by atomic mass is 16.3. The van der Waals surface area contributed by atoms with Crippen molar-refractivity contribution in [1.29, 1.82) is 0 Å². The molecular formula is C13H18N2O2. The van der Waals surface area contributed by atoms with E-state index in [-0.39, 0.29) is 12.2 Å². The summed E-state index contributed by atoms with van der Waals surface area (Å²) in [5, 5.41) is 9.02. The first-order chi connectivity index (χ1) is 8.28. The lowest BCUT2D eigenvalue weighted by Gasteiger charge is -2.42. The summed E-state index contributed by atoms with van der Waals surface area (Å²) in [6, 6.07) is 5.58. The minimum atomic E-state index is 0.132. The maximum absolute atomic E-state index is 11.8. The van der Waals surface area contributed by atoms with E-state index in [0.29, 0.717) is 11.8 Å². The van der Waals surface area contributed by atoms with Crippen LogP contribution >= 0.6 is 0 Å². The van der Waals surface area contributed by atoms with Crippen LogP contribution in [0.1, 0.15) is 18.0 Å². The Hall–Kier alpha value is -1.13. The number of fused-ring (bicyclic) bond motifs is 4. The van der Waals surface area contributed by atoms with E-state index < -0.39 is 0 Å². The summed E-state index contributed by atoms with van der Waals surface area (Å²) in [4.78, 5) is 14.1. The van der Waals surface area contributed by atoms with Gasteiger partial charge in [-0.3, -0.25) is 4.79 Å². The molecule has 3 rings (SSSR count). The van der Waals surface area contributed by atoms with Crippen molar-refractivity contribution in [2.24, 2.45) is 5.92 Å². The molecule has 1 N–H and O–H groups in total. The lowest BCUT2D eigenvalue weighted by atomic mass is 9.83. The number of hydrogen-bond donors (Lipinski definition) is 1. The van der Waals surface area contributed by atoms with Crippen LogP contribution in [0.4, 0.5) is 0 Å². The van der Waals surface area contributed by atoms with E-state index in [2.05, 4.69) is 11.0 Å². The number of aliphatic hydroxyl groups excluding tert-OH is 1. The Balaban J connectivity index is 1.93. The topological polar surface area (TPSA) is 45.5 Å². The van der Waals surface area contributed by atoms with E-state index in [4.69, 9.17) is 5.11 Å². The van der Waals surface area contributed by atoms with Gasteiger partial charge in [-0.2, -0.15) is 0 Å². The van der Waals surface area contributed by atoms with E-state index in [1.807, 2.05) is 10.6 Å². The minimum absolute atomic E-state index is 0.132. The molecule has 0 radical (unpaired) electrons. The summed E-state index contributed by atoms with van der Waals surface area (Å²) in [7, 11) is 0. The highest BCUT2D eigenvalue weighted by molar-refractivity contribution is 5.16. The quantitative estimate of drug-likeness (QED) is 0.798. The number of pyridine rings is 1. The van der Waals surface area contributed by atoms with Crippen LogP contribution in [0.2, 0.25) is 0 Å². The Morgan fingerprint density at radius 1 is 1.29 bits per heavy atom. The second-order valence-corrected chi connectivity index (χ2v) is 5.18. The van der Waals surface area contributed by atoms with Crippen molar-refractivity contribution in [3.05, 3.63) is 34.2 Å². The zero-order chi connectivity index (χ0) is 11.8. The molecule has 1 saturated heterocycles. The maximum atomic E-state index is 11.8. The lowest BCUT2D eigenvalue weighted by molar-refractivity contribution is 0.100. The first-order valence-corrected chi connectivity index (χ1v) is 6.31. The van der Waals surface area contributed by atoms with Gasteiger partial charge >= 0.3 is 0 Å². The van der Waals surface area contributed by atoms with E-state index >= 15 is 0 Å². The highest BCUT2D eigenvalue weighted by Gasteiger charge is 2.33. The largest absolute Gasteiger partial charge is 0.395 e. The molecule has 0 saturated carbocycles. The first-order valence-electron chi connectivity index (χ1n) is 6.31. The van der Waals surface area contributed by atoms with Crippen LogP contribution in [-0.2, 0) is 6.54 Å². The summed E-state index contributed by atoms with van der Waals surface area (Å²) < 4.78 is 1.94. The van der Waals surface area contributed by atoms with Gasteiger partial charge in [0.1, 0.15) is 0 Å². The van der Waals surface area contributed by atoms with Crippen molar-refractivity contribution >= 4 is 0 Å². The Kier molecular flexibility index (Phi) is 2.76. The standard InChI is InChI=1S/C13H18N2O2/c16-5-4-14-7-10-6-11(9-14)12-2-1-3-13(17)15(12)8-10/h1-3,10-11,16H,4-9H2/t10-,11-/m1/s1. The molecule has 3 heterocycles. The third-order valence-electron chi connectivity index (χ3n) is 3.97. The van der Waals surface area contributed by atoms with E-state index in [1.165, 1.54) is 12.1 Å². The van der Waals surface area contributed by atoms with Crippen molar-refractivity contribution in [1.82, 2.24) is 9.47 Å². The van der Waals surface area contributed by atoms with Crippen LogP contribution in [0.25, 0.3) is 0 Å². The van der Waals surface area contributed by atoms with Gasteiger partial charge in [-0.05, 0) is 18.4 Å². The number of β-amino-alcohol motifs (C(OH)–C–C–N with tert-alkyl or cyclic N) is 1. The molecule has 17 heavy (non-hydrogen) atoms. The molecule has 0 amide bonds. The number of rotatable bonds is 2. The number of hydrogen-bond acceptors (Lipinski definition) is 3. The molecule has 0 unspecified atom stereocenters. The molecule has 1 fully saturated rings. The smallest absolute Gasteiger partial charge is 0.250 e. The van der Waals surface area contributed by atoms with E-state index in [1.54, 1.807) is 6.07 Å². The average molecular weight is 234 g/mol. The van der Waals surface area contributed by atoms with Gasteiger partial charge in [0, 0.05) is 43.9 Å². The second-order valence-electron chi connectivity index (χ2n) is 5.18. The lowest BCUT2D eigenvalue weighted by Crippen LogP contribution is -2.47. The Labute approximate surface area is 100 Å². The molecule has 2 atom stereocenters. The van der Waals surface area contributed by atoms with Crippen molar-refractivity contribution < 1.29 is 5.11 Å². The molecule has 2 aliphatic heterocycles. The molecule has 2 aliphatic rings. The van der Waals surface area contributed by atoms with E-state index in [9.17, 15) is 4.79 Å². The number of likely N-dealkylation sites (tertiary alicyclic amines) is 1. The van der Waals surface area contributed by atoms with Crippen molar-refractivity contribution in [3.8, 4) is 0 Å². The van der Waals surface area contributed by atoms with Gasteiger partial charge in [0.05, 0.1) is 6.61 Å². The van der Waals surface area contributed by atoms with Gasteiger partial charge in [-0.15, -0.1) is 0 Å². The summed E-state index contributed by atoms with van der Waals surface area (Å²) in [5.74, 6) is 1.02. The van der Waals surface area contributed by atoms with Crippen LogP contribution in [0.3, 0.4) is 0 Å². The number of aromatic nitrogens is 1. The van der Waals surface area contributed by atoms with Gasteiger partial charge in [-0.1, -0.05) is 6.07 Å². The predicted molar refractivity (Wildman–Crippen MR) is 65.1 cm³/mol. The van der Waals surface area contributed by atoms with Crippen LogP contribution < -0.4 is 5.56 Å². The van der Waals surface area contributed by atoms with Crippen molar-refractivity contribution in [2.45, 2.75) is 18.9 Å². The number of piperidine rings is 1. The molecule has 2 bridgehead atoms. The molecule has 4 nitrogen and oxygen atoms in total. The van der Waals surface area contributed by atoms with E-state index in [0.717, 1.165) is 26.2 Å². The fourth-order valence-corrected chi connectivity index (χ4v) is 3.32. The summed E-state index contributed by atoms with van der Waals surface area (Å²) >= 11 is 0. The molecule has 0 aromatic carbocycles. The number of nitrogens with zero attached hydrogens (tertiary/aromatic N) is 2. The first kappa shape index (κ1) is 11.0. The van der Waals surface area contributed by atoms with Crippen LogP contribution in [-0.4, -0.2) is 40.8 Å². The summed E-state index contributed by atoms with van der Waals surface area (Å²) in [5.41, 5.74) is 1.31. The Bertz CT molecular complexity index is 469. The molecular weight excluding hydrogens is 216 g/mol. The predicted octanol–water partition coefficient (Wildman–Crippen LogP) is 0.260. The SMILES string of the molecule is O=c1cccc2n1C[C@@H]1C[C@@H]2CN(CCO)C1. The fraction of sp³-hybridized carbons (Fsp3) is 0.615. The molecule has 1 aromatic heterocycles. The van der Waals surface area contributed by atoms with Crippen molar-refractivity contribution in [2.75, 3.05) is 26.2 Å². The Morgan fingerprint density at radius 2 is 2.18 bits per heavy atom. The summed E-state index contributed by atoms with van der Waals surface area (Å²) in [6.45, 7) is 3.80. The van der Waals surface area contributed by atoms with Gasteiger partial charge in [0.25, 0.3) is 5.56 Å². The normalized spacial score (nSPS) is 27.8. The molecule has 0 spiro atoms. The third-order valence-corrected chi connectivity index (χ3v) is 3.97. The van der Waals surface area contributed by atoms with Crippen LogP contribution in [0.5, 0.6) is 0 Å². The van der Waals surface area contributed by atoms with Gasteiger partial charge < -0.3 is 14.6 Å². The van der Waals surface area contributed by atoms with Gasteiger partial charge in [0.2, 0.25) is 0 Å². The Morgan fingerprint density at radius 3 is 3.00 bits per heavy atom. The van der Waals surface area contributed by atoms with Gasteiger partial charge in [0.15, 0.2) is 0 Å². The summed E-state index contributed by atoms with van der Waals surface area (Å²) in [6.07, 6.45) is 1.19. The average Bonchev–Trinajstić information content (AvgIpc) is 2.31. The zero-order valence-electron chi connectivity index (χ0n) is 9.88. The maximum Gasteiger partial charge on any atom is 0.250 e. The van der Waals surface area contributed by atoms with Gasteiger partial charge in [-0.25, -0.2) is 0 Å². The molecule has 92 valence electrons.